The van der Waals surface area contributed by atoms with Crippen molar-refractivity contribution >= 4 is 45.5 Å². The molecule has 3 nitrogen and oxygen atoms in total. The van der Waals surface area contributed by atoms with Crippen LogP contribution in [0.4, 0.5) is 0 Å². The second-order valence-electron chi connectivity index (χ2n) is 2.76. The molecule has 2 atom stereocenters. The largest absolute Gasteiger partial charge is 0.391 e. The number of alkyl halides is 1. The van der Waals surface area contributed by atoms with Crippen molar-refractivity contribution in [1.82, 2.24) is 5.32 Å². The zero-order valence-electron chi connectivity index (χ0n) is 7.28. The van der Waals surface area contributed by atoms with Crippen LogP contribution >= 0.6 is 45.5 Å². The molecule has 0 spiro atoms. The highest BCUT2D eigenvalue weighted by Gasteiger charge is 2.11. The Morgan fingerprint density at radius 3 is 2.71 bits per heavy atom. The molecule has 1 unspecified atom stereocenters. The molecule has 80 valence electrons. The zero-order chi connectivity index (χ0) is 10.6. The van der Waals surface area contributed by atoms with E-state index >= 15 is 0 Å². The van der Waals surface area contributed by atoms with Crippen LogP contribution in [0, 0.1) is 0 Å². The molecule has 0 aliphatic heterocycles. The Morgan fingerprint density at radius 1 is 1.50 bits per heavy atom. The van der Waals surface area contributed by atoms with Gasteiger partial charge in [-0.05, 0) is 12.1 Å². The summed E-state index contributed by atoms with van der Waals surface area (Å²) < 4.78 is 1.29. The van der Waals surface area contributed by atoms with Gasteiger partial charge in [0, 0.05) is 15.8 Å². The summed E-state index contributed by atoms with van der Waals surface area (Å²) in [7, 11) is 0. The van der Waals surface area contributed by atoms with Crippen LogP contribution in [0.3, 0.4) is 0 Å². The molecule has 6 heteroatoms. The fourth-order valence-corrected chi connectivity index (χ4v) is 2.21. The second kappa shape index (κ2) is 6.24. The fourth-order valence-electron chi connectivity index (χ4n) is 0.878. The van der Waals surface area contributed by atoms with Crippen molar-refractivity contribution < 1.29 is 10.2 Å². The molecule has 0 saturated carbocycles. The van der Waals surface area contributed by atoms with Crippen LogP contribution in [0.25, 0.3) is 0 Å². The van der Waals surface area contributed by atoms with E-state index in [-0.39, 0.29) is 0 Å². The van der Waals surface area contributed by atoms with Crippen LogP contribution in [0.2, 0.25) is 4.34 Å². The lowest BCUT2D eigenvalue weighted by atomic mass is 10.3. The number of nitrogens with one attached hydrogen (secondary N) is 1. The van der Waals surface area contributed by atoms with Crippen molar-refractivity contribution in [1.29, 1.82) is 0 Å². The van der Waals surface area contributed by atoms with E-state index < -0.39 is 12.3 Å². The van der Waals surface area contributed by atoms with Crippen LogP contribution in [0.5, 0.6) is 0 Å². The lowest BCUT2D eigenvalue weighted by molar-refractivity contribution is 0.114. The summed E-state index contributed by atoms with van der Waals surface area (Å²) in [5.41, 5.74) is 0. The SMILES string of the molecule is OC(NC[C@H](O)CI)c1ccc(Cl)s1. The number of rotatable bonds is 5. The Labute approximate surface area is 105 Å². The van der Waals surface area contributed by atoms with Crippen molar-refractivity contribution in [2.75, 3.05) is 11.0 Å². The molecule has 0 bridgehead atoms. The minimum atomic E-state index is -0.745. The van der Waals surface area contributed by atoms with Crippen molar-refractivity contribution in [2.45, 2.75) is 12.3 Å². The first-order valence-corrected chi connectivity index (χ1v) is 6.76. The summed E-state index contributed by atoms with van der Waals surface area (Å²) in [6.45, 7) is 0.375. The third kappa shape index (κ3) is 4.00. The molecule has 1 aromatic rings. The summed E-state index contributed by atoms with van der Waals surface area (Å²) in [6, 6.07) is 3.50. The lowest BCUT2D eigenvalue weighted by Crippen LogP contribution is -2.30. The van der Waals surface area contributed by atoms with Crippen molar-refractivity contribution in [2.24, 2.45) is 0 Å². The number of halogens is 2. The number of hydrogen-bond acceptors (Lipinski definition) is 4. The summed E-state index contributed by atoms with van der Waals surface area (Å²) in [5.74, 6) is 0. The van der Waals surface area contributed by atoms with Crippen molar-refractivity contribution in [3.63, 3.8) is 0 Å². The molecule has 0 aliphatic carbocycles. The topological polar surface area (TPSA) is 52.5 Å². The molecule has 1 aromatic heterocycles. The minimum absolute atomic E-state index is 0.375. The van der Waals surface area contributed by atoms with Crippen LogP contribution < -0.4 is 5.32 Å². The van der Waals surface area contributed by atoms with Gasteiger partial charge < -0.3 is 10.2 Å². The number of thiophene rings is 1. The van der Waals surface area contributed by atoms with Crippen molar-refractivity contribution in [3.05, 3.63) is 21.3 Å². The van der Waals surface area contributed by atoms with Gasteiger partial charge in [0.2, 0.25) is 0 Å². The number of aliphatic hydroxyl groups is 2. The third-order valence-corrected chi connectivity index (χ3v) is 3.89. The predicted molar refractivity (Wildman–Crippen MR) is 67.2 cm³/mol. The first-order chi connectivity index (χ1) is 6.63. The molecule has 0 radical (unpaired) electrons. The van der Waals surface area contributed by atoms with E-state index in [9.17, 15) is 10.2 Å². The Hall–Kier alpha value is 0.600. The van der Waals surface area contributed by atoms with Gasteiger partial charge in [-0.15, -0.1) is 11.3 Å². The van der Waals surface area contributed by atoms with E-state index in [1.54, 1.807) is 12.1 Å². The van der Waals surface area contributed by atoms with Gasteiger partial charge in [0.15, 0.2) is 0 Å². The monoisotopic (exact) mass is 347 g/mol. The van der Waals surface area contributed by atoms with Gasteiger partial charge >= 0.3 is 0 Å². The second-order valence-corrected chi connectivity index (χ2v) is 5.39. The number of aliphatic hydroxyl groups excluding tert-OH is 2. The maximum absolute atomic E-state index is 9.61. The van der Waals surface area contributed by atoms with E-state index in [0.29, 0.717) is 15.3 Å². The molecular formula is C8H11ClINO2S. The molecule has 14 heavy (non-hydrogen) atoms. The molecule has 0 aliphatic rings. The van der Waals surface area contributed by atoms with E-state index in [1.165, 1.54) is 11.3 Å². The Morgan fingerprint density at radius 2 is 2.21 bits per heavy atom. The lowest BCUT2D eigenvalue weighted by Gasteiger charge is -2.13. The van der Waals surface area contributed by atoms with Gasteiger partial charge in [0.05, 0.1) is 10.4 Å². The van der Waals surface area contributed by atoms with Gasteiger partial charge in [-0.25, -0.2) is 0 Å². The van der Waals surface area contributed by atoms with Crippen LogP contribution in [-0.4, -0.2) is 27.3 Å². The molecule has 3 N–H and O–H groups in total. The van der Waals surface area contributed by atoms with Crippen LogP contribution in [0.1, 0.15) is 11.1 Å². The molecule has 0 fully saturated rings. The minimum Gasteiger partial charge on any atom is -0.391 e. The summed E-state index contributed by atoms with van der Waals surface area (Å²) >= 11 is 9.14. The van der Waals surface area contributed by atoms with E-state index in [4.69, 9.17) is 11.6 Å². The smallest absolute Gasteiger partial charge is 0.140 e. The van der Waals surface area contributed by atoms with Crippen LogP contribution in [0.15, 0.2) is 12.1 Å². The molecule has 0 amide bonds. The molecule has 1 rings (SSSR count). The summed E-state index contributed by atoms with van der Waals surface area (Å²) in [4.78, 5) is 0.760. The maximum atomic E-state index is 9.61. The quantitative estimate of drug-likeness (QED) is 0.432. The first-order valence-electron chi connectivity index (χ1n) is 4.04. The molecule has 0 aromatic carbocycles. The van der Waals surface area contributed by atoms with Gasteiger partial charge in [-0.2, -0.15) is 0 Å². The average molecular weight is 348 g/mol. The van der Waals surface area contributed by atoms with Gasteiger partial charge in [0.25, 0.3) is 0 Å². The Bertz CT molecular complexity index is 284. The normalized spacial score (nSPS) is 15.4. The molecule has 1 heterocycles. The van der Waals surface area contributed by atoms with E-state index in [0.717, 1.165) is 4.88 Å². The summed E-state index contributed by atoms with van der Waals surface area (Å²) in [5, 5.41) is 21.7. The highest BCUT2D eigenvalue weighted by Crippen LogP contribution is 2.25. The summed E-state index contributed by atoms with van der Waals surface area (Å²) in [6.07, 6.45) is -1.18. The first kappa shape index (κ1) is 12.7. The van der Waals surface area contributed by atoms with Crippen molar-refractivity contribution in [3.8, 4) is 0 Å². The Kier molecular flexibility index (Phi) is 5.65. The average Bonchev–Trinajstić information content (AvgIpc) is 2.60. The standard InChI is InChI=1S/C8H11ClINO2S/c9-7-2-1-6(14-7)8(13)11-4-5(12)3-10/h1-2,5,8,11-13H,3-4H2/t5-,8?/m1/s1. The zero-order valence-corrected chi connectivity index (χ0v) is 11.0. The highest BCUT2D eigenvalue weighted by molar-refractivity contribution is 14.1. The highest BCUT2D eigenvalue weighted by atomic mass is 127. The predicted octanol–water partition coefficient (Wildman–Crippen LogP) is 1.78. The molecule has 0 saturated heterocycles. The van der Waals surface area contributed by atoms with E-state index in [2.05, 4.69) is 27.9 Å². The fraction of sp³-hybridized carbons (Fsp3) is 0.500. The van der Waals surface area contributed by atoms with Crippen LogP contribution in [-0.2, 0) is 0 Å². The molecular weight excluding hydrogens is 337 g/mol. The third-order valence-electron chi connectivity index (χ3n) is 1.59. The van der Waals surface area contributed by atoms with Gasteiger partial charge in [0.1, 0.15) is 6.23 Å². The number of hydrogen-bond donors (Lipinski definition) is 3. The Balaban J connectivity index is 2.39. The van der Waals surface area contributed by atoms with Gasteiger partial charge in [-0.3, -0.25) is 5.32 Å². The van der Waals surface area contributed by atoms with Gasteiger partial charge in [-0.1, -0.05) is 34.2 Å². The van der Waals surface area contributed by atoms with E-state index in [1.807, 2.05) is 0 Å². The maximum Gasteiger partial charge on any atom is 0.140 e.